The summed E-state index contributed by atoms with van der Waals surface area (Å²) in [6.45, 7) is 2.11. The van der Waals surface area contributed by atoms with Crippen molar-refractivity contribution < 1.29 is 23.2 Å². The van der Waals surface area contributed by atoms with Crippen molar-refractivity contribution in [3.63, 3.8) is 0 Å². The van der Waals surface area contributed by atoms with Gasteiger partial charge in [-0.2, -0.15) is 4.98 Å². The summed E-state index contributed by atoms with van der Waals surface area (Å²) in [5, 5.41) is 3.88. The molecule has 27 heavy (non-hydrogen) atoms. The van der Waals surface area contributed by atoms with Crippen LogP contribution in [-0.4, -0.2) is 53.9 Å². The second-order valence-corrected chi connectivity index (χ2v) is 6.54. The minimum atomic E-state index is -0.295. The van der Waals surface area contributed by atoms with Crippen molar-refractivity contribution in [2.24, 2.45) is 0 Å². The molecule has 1 fully saturated rings. The van der Waals surface area contributed by atoms with E-state index in [1.165, 1.54) is 12.1 Å². The van der Waals surface area contributed by atoms with Crippen molar-refractivity contribution in [3.05, 3.63) is 47.4 Å². The highest BCUT2D eigenvalue weighted by Gasteiger charge is 2.23. The lowest BCUT2D eigenvalue weighted by Gasteiger charge is -2.31. The monoisotopic (exact) mass is 377 g/mol. The van der Waals surface area contributed by atoms with E-state index < -0.39 is 0 Å². The van der Waals surface area contributed by atoms with E-state index >= 15 is 0 Å². The quantitative estimate of drug-likeness (QED) is 0.702. The number of nitrogens with zero attached hydrogens (tertiary/aromatic N) is 3. The molecule has 8 heteroatoms. The Kier molecular flexibility index (Phi) is 6.89. The molecule has 1 saturated heterocycles. The van der Waals surface area contributed by atoms with Gasteiger partial charge in [-0.1, -0.05) is 17.3 Å². The predicted molar refractivity (Wildman–Crippen MR) is 94.4 cm³/mol. The number of aromatic nitrogens is 2. The molecule has 146 valence electrons. The molecule has 1 aliphatic heterocycles. The number of ether oxygens (including phenoxy) is 2. The summed E-state index contributed by atoms with van der Waals surface area (Å²) < 4.78 is 28.9. The number of rotatable bonds is 8. The molecule has 0 radical (unpaired) electrons. The van der Waals surface area contributed by atoms with E-state index in [2.05, 4.69) is 10.1 Å². The van der Waals surface area contributed by atoms with Gasteiger partial charge in [-0.25, -0.2) is 4.39 Å². The molecule has 3 rings (SSSR count). The summed E-state index contributed by atoms with van der Waals surface area (Å²) in [6.07, 6.45) is 2.49. The first-order chi connectivity index (χ1) is 13.1. The summed E-state index contributed by atoms with van der Waals surface area (Å²) in [5.74, 6) is 0.823. The van der Waals surface area contributed by atoms with Crippen LogP contribution in [0, 0.1) is 5.82 Å². The average molecular weight is 377 g/mol. The van der Waals surface area contributed by atoms with Crippen LogP contribution in [0.2, 0.25) is 0 Å². The van der Waals surface area contributed by atoms with E-state index in [4.69, 9.17) is 14.0 Å². The van der Waals surface area contributed by atoms with Gasteiger partial charge in [0.05, 0.1) is 19.1 Å². The Morgan fingerprint density at radius 3 is 2.74 bits per heavy atom. The first-order valence-corrected chi connectivity index (χ1v) is 9.08. The third-order valence-corrected chi connectivity index (χ3v) is 4.55. The van der Waals surface area contributed by atoms with Crippen molar-refractivity contribution in [1.29, 1.82) is 0 Å². The van der Waals surface area contributed by atoms with Gasteiger partial charge in [0.15, 0.2) is 5.82 Å². The van der Waals surface area contributed by atoms with Crippen LogP contribution in [0.25, 0.3) is 0 Å². The number of piperidine rings is 1. The van der Waals surface area contributed by atoms with Crippen LogP contribution in [0.3, 0.4) is 0 Å². The fourth-order valence-corrected chi connectivity index (χ4v) is 2.99. The molecule has 0 spiro atoms. The third kappa shape index (κ3) is 5.83. The van der Waals surface area contributed by atoms with Crippen LogP contribution in [0.4, 0.5) is 4.39 Å². The van der Waals surface area contributed by atoms with Crippen LogP contribution >= 0.6 is 0 Å². The van der Waals surface area contributed by atoms with Gasteiger partial charge in [0.1, 0.15) is 12.4 Å². The second-order valence-electron chi connectivity index (χ2n) is 6.54. The van der Waals surface area contributed by atoms with Crippen LogP contribution in [0.15, 0.2) is 28.8 Å². The SMILES string of the molecule is COCCc1noc(COC2CCN(C(=O)Cc3ccc(F)cc3)CC2)n1. The lowest BCUT2D eigenvalue weighted by Crippen LogP contribution is -2.41. The Morgan fingerprint density at radius 1 is 1.30 bits per heavy atom. The minimum Gasteiger partial charge on any atom is -0.384 e. The molecule has 2 heterocycles. The molecular formula is C19H24FN3O4. The minimum absolute atomic E-state index is 0.0553. The number of halogens is 1. The van der Waals surface area contributed by atoms with Gasteiger partial charge in [-0.3, -0.25) is 4.79 Å². The predicted octanol–water partition coefficient (Wildman–Crippen LogP) is 2.15. The van der Waals surface area contributed by atoms with E-state index in [0.29, 0.717) is 37.8 Å². The highest BCUT2D eigenvalue weighted by Crippen LogP contribution is 2.17. The van der Waals surface area contributed by atoms with Gasteiger partial charge in [0.2, 0.25) is 5.91 Å². The van der Waals surface area contributed by atoms with Crippen LogP contribution in [0.5, 0.6) is 0 Å². The van der Waals surface area contributed by atoms with Crippen molar-refractivity contribution in [1.82, 2.24) is 15.0 Å². The zero-order chi connectivity index (χ0) is 19.1. The summed E-state index contributed by atoms with van der Waals surface area (Å²) in [4.78, 5) is 18.5. The topological polar surface area (TPSA) is 77.7 Å². The zero-order valence-corrected chi connectivity index (χ0v) is 15.4. The number of likely N-dealkylation sites (tertiary alicyclic amines) is 1. The van der Waals surface area contributed by atoms with Gasteiger partial charge < -0.3 is 18.9 Å². The van der Waals surface area contributed by atoms with Crippen LogP contribution < -0.4 is 0 Å². The smallest absolute Gasteiger partial charge is 0.252 e. The van der Waals surface area contributed by atoms with Gasteiger partial charge in [-0.05, 0) is 30.5 Å². The number of carbonyl (C=O) groups excluding carboxylic acids is 1. The lowest BCUT2D eigenvalue weighted by atomic mass is 10.1. The second kappa shape index (κ2) is 9.57. The summed E-state index contributed by atoms with van der Waals surface area (Å²) in [5.41, 5.74) is 0.820. The van der Waals surface area contributed by atoms with Crippen molar-refractivity contribution in [2.75, 3.05) is 26.8 Å². The summed E-state index contributed by atoms with van der Waals surface area (Å²) in [6, 6.07) is 6.05. The number of carbonyl (C=O) groups is 1. The molecular weight excluding hydrogens is 353 g/mol. The Morgan fingerprint density at radius 2 is 2.04 bits per heavy atom. The molecule has 0 atom stereocenters. The third-order valence-electron chi connectivity index (χ3n) is 4.55. The highest BCUT2D eigenvalue weighted by atomic mass is 19.1. The number of amides is 1. The Bertz CT molecular complexity index is 727. The number of hydrogen-bond donors (Lipinski definition) is 0. The molecule has 0 saturated carbocycles. The van der Waals surface area contributed by atoms with Crippen LogP contribution in [0.1, 0.15) is 30.1 Å². The number of methoxy groups -OCH3 is 1. The van der Waals surface area contributed by atoms with Crippen LogP contribution in [-0.2, 0) is 33.7 Å². The van der Waals surface area contributed by atoms with E-state index in [1.54, 1.807) is 19.2 Å². The molecule has 2 aromatic rings. The molecule has 7 nitrogen and oxygen atoms in total. The standard InChI is InChI=1S/C19H24FN3O4/c1-25-11-8-17-21-18(27-22-17)13-26-16-6-9-23(10-7-16)19(24)12-14-2-4-15(20)5-3-14/h2-5,16H,6-13H2,1H3. The van der Waals surface area contributed by atoms with Crippen molar-refractivity contribution in [2.45, 2.75) is 38.4 Å². The Balaban J connectivity index is 1.38. The number of hydrogen-bond acceptors (Lipinski definition) is 6. The largest absolute Gasteiger partial charge is 0.384 e. The maximum Gasteiger partial charge on any atom is 0.252 e. The van der Waals surface area contributed by atoms with Gasteiger partial charge in [0.25, 0.3) is 5.89 Å². The molecule has 0 unspecified atom stereocenters. The molecule has 1 aromatic carbocycles. The average Bonchev–Trinajstić information content (AvgIpc) is 3.15. The van der Waals surface area contributed by atoms with Crippen molar-refractivity contribution >= 4 is 5.91 Å². The zero-order valence-electron chi connectivity index (χ0n) is 15.4. The lowest BCUT2D eigenvalue weighted by molar-refractivity contribution is -0.133. The summed E-state index contributed by atoms with van der Waals surface area (Å²) >= 11 is 0. The molecule has 0 aliphatic carbocycles. The Labute approximate surface area is 157 Å². The molecule has 1 amide bonds. The Hall–Kier alpha value is -2.32. The maximum absolute atomic E-state index is 12.9. The fraction of sp³-hybridized carbons (Fsp3) is 0.526. The van der Waals surface area contributed by atoms with E-state index in [-0.39, 0.29) is 30.9 Å². The van der Waals surface area contributed by atoms with Crippen molar-refractivity contribution in [3.8, 4) is 0 Å². The maximum atomic E-state index is 12.9. The van der Waals surface area contributed by atoms with Gasteiger partial charge in [0, 0.05) is 26.6 Å². The van der Waals surface area contributed by atoms with E-state index in [1.807, 2.05) is 4.90 Å². The van der Waals surface area contributed by atoms with E-state index in [0.717, 1.165) is 18.4 Å². The van der Waals surface area contributed by atoms with Gasteiger partial charge >= 0.3 is 0 Å². The van der Waals surface area contributed by atoms with Gasteiger partial charge in [-0.15, -0.1) is 0 Å². The fourth-order valence-electron chi connectivity index (χ4n) is 2.99. The molecule has 1 aliphatic rings. The summed E-state index contributed by atoms with van der Waals surface area (Å²) in [7, 11) is 1.63. The molecule has 0 bridgehead atoms. The first-order valence-electron chi connectivity index (χ1n) is 9.08. The highest BCUT2D eigenvalue weighted by molar-refractivity contribution is 5.78. The normalized spacial score (nSPS) is 15.3. The number of benzene rings is 1. The molecule has 1 aromatic heterocycles. The first kappa shape index (κ1) is 19.4. The van der Waals surface area contributed by atoms with E-state index in [9.17, 15) is 9.18 Å². The molecule has 0 N–H and O–H groups in total.